The largest absolute Gasteiger partial charge is 0.461 e. The van der Waals surface area contributed by atoms with Gasteiger partial charge in [0.05, 0.1) is 0 Å². The Labute approximate surface area is 99.4 Å². The number of esters is 1. The average molecular weight is 244 g/mol. The summed E-state index contributed by atoms with van der Waals surface area (Å²) < 4.78 is 17.5. The number of carbonyl (C=O) groups is 1. The first-order valence-electron chi connectivity index (χ1n) is 6.32. The van der Waals surface area contributed by atoms with Gasteiger partial charge in [0.1, 0.15) is 11.4 Å². The third-order valence-electron chi connectivity index (χ3n) is 3.64. The molecule has 1 saturated heterocycles. The van der Waals surface area contributed by atoms with Crippen molar-refractivity contribution in [2.45, 2.75) is 68.5 Å². The Kier molecular flexibility index (Phi) is 4.00. The van der Waals surface area contributed by atoms with Crippen molar-refractivity contribution in [3.63, 3.8) is 0 Å². The van der Waals surface area contributed by atoms with Crippen LogP contribution in [0.25, 0.3) is 0 Å². The molecule has 0 spiro atoms. The molecule has 0 N–H and O–H groups in total. The summed E-state index contributed by atoms with van der Waals surface area (Å²) in [5, 5.41) is -0.102. The maximum absolute atomic E-state index is 12.3. The lowest BCUT2D eigenvalue weighted by atomic mass is 10.0. The zero-order valence-corrected chi connectivity index (χ0v) is 10.6. The van der Waals surface area contributed by atoms with Crippen molar-refractivity contribution in [1.82, 2.24) is 0 Å². The van der Waals surface area contributed by atoms with E-state index >= 15 is 0 Å². The minimum atomic E-state index is -1.01. The molecule has 0 aromatic rings. The van der Waals surface area contributed by atoms with Crippen molar-refractivity contribution >= 4 is 16.8 Å². The van der Waals surface area contributed by atoms with Crippen molar-refractivity contribution in [3.05, 3.63) is 0 Å². The molecule has 16 heavy (non-hydrogen) atoms. The van der Waals surface area contributed by atoms with Gasteiger partial charge in [-0.25, -0.2) is 0 Å². The molecule has 0 aromatic carbocycles. The second-order valence-corrected chi connectivity index (χ2v) is 6.67. The molecule has 1 saturated carbocycles. The summed E-state index contributed by atoms with van der Waals surface area (Å²) >= 11 is 0. The lowest BCUT2D eigenvalue weighted by molar-refractivity contribution is -0.141. The molecular weight excluding hydrogens is 224 g/mol. The van der Waals surface area contributed by atoms with Crippen molar-refractivity contribution in [3.8, 4) is 0 Å². The quantitative estimate of drug-likeness (QED) is 0.715. The molecule has 3 nitrogen and oxygen atoms in total. The minimum absolute atomic E-state index is 0.00467. The minimum Gasteiger partial charge on any atom is -0.461 e. The third-order valence-corrected chi connectivity index (χ3v) is 5.71. The van der Waals surface area contributed by atoms with Gasteiger partial charge in [0.2, 0.25) is 0 Å². The van der Waals surface area contributed by atoms with E-state index in [1.165, 1.54) is 6.42 Å². The molecule has 1 aliphatic heterocycles. The number of rotatable bonds is 3. The highest BCUT2D eigenvalue weighted by Crippen LogP contribution is 2.29. The number of carbonyl (C=O) groups excluding carboxylic acids is 1. The van der Waals surface area contributed by atoms with Crippen molar-refractivity contribution in [2.24, 2.45) is 0 Å². The predicted octanol–water partition coefficient (Wildman–Crippen LogP) is 2.16. The van der Waals surface area contributed by atoms with Gasteiger partial charge in [-0.15, -0.1) is 0 Å². The van der Waals surface area contributed by atoms with Crippen LogP contribution in [0.4, 0.5) is 0 Å². The molecule has 0 radical (unpaired) electrons. The average Bonchev–Trinajstić information content (AvgIpc) is 2.71. The molecule has 0 bridgehead atoms. The van der Waals surface area contributed by atoms with E-state index in [1.807, 2.05) is 6.92 Å². The van der Waals surface area contributed by atoms with Gasteiger partial charge in [0.25, 0.3) is 0 Å². The van der Waals surface area contributed by atoms with Crippen LogP contribution in [0.3, 0.4) is 0 Å². The SMILES string of the molecule is CC[C@H]1CC(S(=O)C2CCCCC2)C(=O)O1. The van der Waals surface area contributed by atoms with E-state index in [9.17, 15) is 9.00 Å². The second-order valence-electron chi connectivity index (χ2n) is 4.78. The molecule has 2 unspecified atom stereocenters. The molecule has 4 heteroatoms. The van der Waals surface area contributed by atoms with Gasteiger partial charge in [0.15, 0.2) is 0 Å². The fraction of sp³-hybridized carbons (Fsp3) is 0.917. The van der Waals surface area contributed by atoms with E-state index in [-0.39, 0.29) is 22.6 Å². The molecule has 2 fully saturated rings. The summed E-state index contributed by atoms with van der Waals surface area (Å²) in [4.78, 5) is 11.6. The van der Waals surface area contributed by atoms with Crippen LogP contribution in [0, 0.1) is 0 Å². The highest BCUT2D eigenvalue weighted by molar-refractivity contribution is 7.87. The van der Waals surface area contributed by atoms with Crippen molar-refractivity contribution in [2.75, 3.05) is 0 Å². The Morgan fingerprint density at radius 2 is 2.00 bits per heavy atom. The van der Waals surface area contributed by atoms with Crippen molar-refractivity contribution < 1.29 is 13.7 Å². The number of hydrogen-bond acceptors (Lipinski definition) is 3. The van der Waals surface area contributed by atoms with E-state index < -0.39 is 10.8 Å². The van der Waals surface area contributed by atoms with E-state index in [4.69, 9.17) is 4.74 Å². The maximum Gasteiger partial charge on any atom is 0.322 e. The highest BCUT2D eigenvalue weighted by atomic mass is 32.2. The first-order valence-corrected chi connectivity index (χ1v) is 7.60. The Morgan fingerprint density at radius 3 is 2.56 bits per heavy atom. The highest BCUT2D eigenvalue weighted by Gasteiger charge is 2.40. The number of hydrogen-bond donors (Lipinski definition) is 0. The standard InChI is InChI=1S/C12H20O3S/c1-2-9-8-11(12(13)15-9)16(14)10-6-4-3-5-7-10/h9-11H,2-8H2,1H3/t9-,11?,16?/m0/s1. The molecule has 1 aliphatic carbocycles. The Balaban J connectivity index is 1.96. The molecule has 2 aliphatic rings. The fourth-order valence-electron chi connectivity index (χ4n) is 2.59. The van der Waals surface area contributed by atoms with E-state index in [1.54, 1.807) is 0 Å². The molecule has 92 valence electrons. The number of ether oxygens (including phenoxy) is 1. The van der Waals surface area contributed by atoms with Gasteiger partial charge in [-0.3, -0.25) is 9.00 Å². The van der Waals surface area contributed by atoms with Crippen LogP contribution in [-0.2, 0) is 20.3 Å². The second kappa shape index (κ2) is 5.30. The zero-order chi connectivity index (χ0) is 11.5. The molecule has 1 heterocycles. The lowest BCUT2D eigenvalue weighted by Crippen LogP contribution is -2.30. The monoisotopic (exact) mass is 244 g/mol. The molecule has 3 atom stereocenters. The summed E-state index contributed by atoms with van der Waals surface area (Å²) in [5.74, 6) is -0.226. The summed E-state index contributed by atoms with van der Waals surface area (Å²) in [5.41, 5.74) is 0. The topological polar surface area (TPSA) is 43.4 Å². The van der Waals surface area contributed by atoms with E-state index in [0.29, 0.717) is 6.42 Å². The lowest BCUT2D eigenvalue weighted by Gasteiger charge is -2.22. The van der Waals surface area contributed by atoms with E-state index in [2.05, 4.69) is 0 Å². The molecule has 0 aromatic heterocycles. The van der Waals surface area contributed by atoms with Crippen LogP contribution in [0.1, 0.15) is 51.9 Å². The Bertz CT molecular complexity index is 284. The zero-order valence-electron chi connectivity index (χ0n) is 9.81. The van der Waals surface area contributed by atoms with Gasteiger partial charge >= 0.3 is 5.97 Å². The molecule has 2 rings (SSSR count). The van der Waals surface area contributed by atoms with Crippen LogP contribution in [0.2, 0.25) is 0 Å². The predicted molar refractivity (Wildman–Crippen MR) is 63.6 cm³/mol. The fourth-order valence-corrected chi connectivity index (χ4v) is 4.50. The Hall–Kier alpha value is -0.380. The van der Waals surface area contributed by atoms with E-state index in [0.717, 1.165) is 32.1 Å². The summed E-state index contributed by atoms with van der Waals surface area (Å²) in [6.07, 6.45) is 7.12. The van der Waals surface area contributed by atoms with Crippen LogP contribution in [-0.4, -0.2) is 26.8 Å². The van der Waals surface area contributed by atoms with Gasteiger partial charge < -0.3 is 4.74 Å². The van der Waals surface area contributed by atoms with Gasteiger partial charge in [-0.2, -0.15) is 0 Å². The normalized spacial score (nSPS) is 33.7. The first kappa shape index (κ1) is 12.1. The summed E-state index contributed by atoms with van der Waals surface area (Å²) in [6.45, 7) is 2.00. The summed E-state index contributed by atoms with van der Waals surface area (Å²) in [7, 11) is -1.01. The Morgan fingerprint density at radius 1 is 1.31 bits per heavy atom. The molecule has 0 amide bonds. The number of cyclic esters (lactones) is 1. The molecular formula is C12H20O3S. The smallest absolute Gasteiger partial charge is 0.322 e. The summed E-state index contributed by atoms with van der Waals surface area (Å²) in [6, 6.07) is 0. The van der Waals surface area contributed by atoms with Crippen LogP contribution in [0.5, 0.6) is 0 Å². The van der Waals surface area contributed by atoms with Gasteiger partial charge in [0, 0.05) is 22.5 Å². The first-order chi connectivity index (χ1) is 7.72. The van der Waals surface area contributed by atoms with Gasteiger partial charge in [-0.1, -0.05) is 26.2 Å². The van der Waals surface area contributed by atoms with Crippen LogP contribution < -0.4 is 0 Å². The van der Waals surface area contributed by atoms with Crippen LogP contribution in [0.15, 0.2) is 0 Å². The van der Waals surface area contributed by atoms with Crippen LogP contribution >= 0.6 is 0 Å². The van der Waals surface area contributed by atoms with Crippen molar-refractivity contribution in [1.29, 1.82) is 0 Å². The van der Waals surface area contributed by atoms with Gasteiger partial charge in [-0.05, 0) is 19.3 Å². The third kappa shape index (κ3) is 2.47. The maximum atomic E-state index is 12.3.